The Hall–Kier alpha value is -9.07. The van der Waals surface area contributed by atoms with Crippen molar-refractivity contribution in [1.29, 1.82) is 0 Å². The van der Waals surface area contributed by atoms with Gasteiger partial charge in [-0.1, -0.05) is 24.6 Å². The SMILES string of the molecule is C[C@H](NC(=O)[C@H](COP(=O)(O)O)NC(=O)[C@H](Cc1c[nH]c2ccccc12)NC(=O)[C@H](CCCN=C(N)N)NC(=O)[C@H](CCCN=C(N)N)NC(=O)[C@@H](N)CCCCN)C(=O)N1CCC[C@H]1C(=O)N[C@@H](CCC(=O)O)C(=O)N[C@@H](CO)C(=O)N[C@H](C=O)CCCN=C(N)N. The number of unbranched alkanes of at least 4 members (excludes halogenated alkanes) is 1. The third-order valence-electron chi connectivity index (χ3n) is 14.4. The first-order valence-electron chi connectivity index (χ1n) is 29.9. The molecule has 1 aromatic carbocycles. The second kappa shape index (κ2) is 40.0. The lowest BCUT2D eigenvalue weighted by atomic mass is 10.0. The maximum Gasteiger partial charge on any atom is 0.469 e. The summed E-state index contributed by atoms with van der Waals surface area (Å²) in [7, 11) is -5.42. The topological polar surface area (TPSA) is 656 Å². The Morgan fingerprint density at radius 2 is 1.17 bits per heavy atom. The zero-order chi connectivity index (χ0) is 69.4. The van der Waals surface area contributed by atoms with E-state index in [2.05, 4.69) is 67.0 Å². The molecule has 0 spiro atoms. The van der Waals surface area contributed by atoms with Gasteiger partial charge < -0.3 is 123 Å². The van der Waals surface area contributed by atoms with E-state index in [1.807, 2.05) is 0 Å². The number of aliphatic carboxylic acids is 1. The van der Waals surface area contributed by atoms with Gasteiger partial charge in [-0.25, -0.2) is 4.57 Å². The Kier molecular flexibility index (Phi) is 33.6. The Balaban J connectivity index is 1.94. The van der Waals surface area contributed by atoms with Gasteiger partial charge in [0, 0.05) is 56.1 Å². The highest BCUT2D eigenvalue weighted by atomic mass is 31.2. The van der Waals surface area contributed by atoms with Crippen LogP contribution >= 0.6 is 7.82 Å². The number of rotatable bonds is 43. The number of aliphatic hydroxyl groups excluding tert-OH is 1. The van der Waals surface area contributed by atoms with E-state index in [0.717, 1.165) is 4.90 Å². The molecule has 518 valence electrons. The number of aliphatic imine (C=N–C) groups is 3. The molecule has 39 heteroatoms. The zero-order valence-corrected chi connectivity index (χ0v) is 52.4. The third kappa shape index (κ3) is 28.6. The first-order valence-corrected chi connectivity index (χ1v) is 31.4. The summed E-state index contributed by atoms with van der Waals surface area (Å²) in [5.41, 5.74) is 45.5. The number of likely N-dealkylation sites (tertiary alicyclic amines) is 1. The van der Waals surface area contributed by atoms with Crippen molar-refractivity contribution in [3.8, 4) is 0 Å². The highest BCUT2D eigenvalue weighted by Crippen LogP contribution is 2.35. The number of benzene rings is 1. The summed E-state index contributed by atoms with van der Waals surface area (Å²) < 4.78 is 16.8. The first kappa shape index (κ1) is 78.2. The van der Waals surface area contributed by atoms with E-state index in [0.29, 0.717) is 42.1 Å². The number of hydrogen-bond acceptors (Lipinski definition) is 19. The van der Waals surface area contributed by atoms with E-state index in [1.54, 1.807) is 24.3 Å². The lowest BCUT2D eigenvalue weighted by Gasteiger charge is -2.30. The van der Waals surface area contributed by atoms with Crippen molar-refractivity contribution in [1.82, 2.24) is 52.4 Å². The summed E-state index contributed by atoms with van der Waals surface area (Å²) in [5, 5.41) is 39.6. The fourth-order valence-electron chi connectivity index (χ4n) is 9.54. The molecule has 1 aromatic heterocycles. The van der Waals surface area contributed by atoms with Crippen LogP contribution in [0.1, 0.15) is 96.0 Å². The number of aromatic amines is 1. The Bertz CT molecular complexity index is 3010. The van der Waals surface area contributed by atoms with Gasteiger partial charge in [-0.3, -0.25) is 67.4 Å². The number of phosphoric ester groups is 1. The van der Waals surface area contributed by atoms with Crippen LogP contribution in [0.5, 0.6) is 0 Å². The van der Waals surface area contributed by atoms with Crippen LogP contribution in [0.4, 0.5) is 0 Å². The molecule has 10 atom stereocenters. The van der Waals surface area contributed by atoms with Gasteiger partial charge in [-0.15, -0.1) is 0 Å². The number of carboxylic acid groups (broad SMARTS) is 1. The van der Waals surface area contributed by atoms with Crippen molar-refractivity contribution in [2.75, 3.05) is 45.9 Å². The minimum Gasteiger partial charge on any atom is -0.481 e. The number of nitrogens with one attached hydrogen (secondary N) is 9. The van der Waals surface area contributed by atoms with Crippen molar-refractivity contribution >= 4 is 102 Å². The van der Waals surface area contributed by atoms with Gasteiger partial charge in [-0.05, 0) is 95.7 Å². The number of aliphatic hydroxyl groups is 1. The third-order valence-corrected chi connectivity index (χ3v) is 14.8. The number of carboxylic acids is 1. The summed E-state index contributed by atoms with van der Waals surface area (Å²) in [5.74, 6) is -11.1. The molecule has 0 unspecified atom stereocenters. The molecule has 0 bridgehead atoms. The van der Waals surface area contributed by atoms with Crippen LogP contribution in [-0.4, -0.2) is 220 Å². The van der Waals surface area contributed by atoms with Gasteiger partial charge in [0.2, 0.25) is 53.2 Å². The van der Waals surface area contributed by atoms with Gasteiger partial charge in [0.25, 0.3) is 0 Å². The molecule has 1 aliphatic heterocycles. The van der Waals surface area contributed by atoms with Gasteiger partial charge in [0.05, 0.1) is 25.3 Å². The van der Waals surface area contributed by atoms with Gasteiger partial charge in [0.15, 0.2) is 17.9 Å². The highest BCUT2D eigenvalue weighted by molar-refractivity contribution is 7.46. The minimum atomic E-state index is -5.42. The number of amides is 9. The number of phosphoric acid groups is 1. The molecule has 1 saturated heterocycles. The maximum absolute atomic E-state index is 14.7. The molecule has 1 fully saturated rings. The molecule has 2 aromatic rings. The number of hydrogen-bond donors (Lipinski definition) is 21. The molecule has 3 rings (SSSR count). The number of nitrogens with zero attached hydrogens (tertiary/aromatic N) is 4. The van der Waals surface area contributed by atoms with E-state index in [-0.39, 0.29) is 108 Å². The Morgan fingerprint density at radius 1 is 0.667 bits per heavy atom. The number of aldehydes is 1. The maximum atomic E-state index is 14.7. The quantitative estimate of drug-likeness (QED) is 0.00964. The number of carbonyl (C=O) groups is 11. The molecule has 2 heterocycles. The molecule has 93 heavy (non-hydrogen) atoms. The number of carbonyl (C=O) groups excluding carboxylic acids is 10. The molecule has 38 nitrogen and oxygen atoms in total. The average molecular weight is 1340 g/mol. The highest BCUT2D eigenvalue weighted by Gasteiger charge is 2.40. The van der Waals surface area contributed by atoms with Crippen molar-refractivity contribution in [2.45, 2.75) is 157 Å². The van der Waals surface area contributed by atoms with Crippen molar-refractivity contribution in [2.24, 2.45) is 60.8 Å². The van der Waals surface area contributed by atoms with Crippen LogP contribution in [-0.2, 0) is 68.2 Å². The van der Waals surface area contributed by atoms with Crippen LogP contribution in [0.3, 0.4) is 0 Å². The van der Waals surface area contributed by atoms with Crippen molar-refractivity contribution < 1.29 is 81.8 Å². The summed E-state index contributed by atoms with van der Waals surface area (Å²) in [6.07, 6.45) is 2.15. The van der Waals surface area contributed by atoms with E-state index < -0.39 is 153 Å². The van der Waals surface area contributed by atoms with Crippen LogP contribution < -0.4 is 88.4 Å². The number of guanidine groups is 3. The molecular weight excluding hydrogens is 1250 g/mol. The van der Waals surface area contributed by atoms with Crippen LogP contribution in [0, 0.1) is 0 Å². The molecule has 0 saturated carbocycles. The average Bonchev–Trinajstić information content (AvgIpc) is 1.85. The molecule has 29 N–H and O–H groups in total. The summed E-state index contributed by atoms with van der Waals surface area (Å²) in [4.78, 5) is 185. The second-order valence-electron chi connectivity index (χ2n) is 21.7. The van der Waals surface area contributed by atoms with E-state index in [4.69, 9.17) is 45.9 Å². The zero-order valence-electron chi connectivity index (χ0n) is 51.5. The van der Waals surface area contributed by atoms with Crippen LogP contribution in [0.15, 0.2) is 45.4 Å². The smallest absolute Gasteiger partial charge is 0.469 e. The number of H-pyrrole nitrogens is 1. The molecule has 0 aliphatic carbocycles. The number of aromatic nitrogens is 1. The second-order valence-corrected chi connectivity index (χ2v) is 23.0. The predicted molar refractivity (Wildman–Crippen MR) is 336 cm³/mol. The van der Waals surface area contributed by atoms with E-state index in [1.165, 1.54) is 13.1 Å². The Morgan fingerprint density at radius 3 is 1.72 bits per heavy atom. The molecule has 1 aliphatic rings. The van der Waals surface area contributed by atoms with Gasteiger partial charge in [-0.2, -0.15) is 0 Å². The number of nitrogens with two attached hydrogens (primary N) is 8. The Labute approximate surface area is 534 Å². The first-order chi connectivity index (χ1) is 44.0. The minimum absolute atomic E-state index is 0.0227. The molecule has 0 radical (unpaired) electrons. The molecule has 9 amide bonds. The van der Waals surface area contributed by atoms with Crippen LogP contribution in [0.2, 0.25) is 0 Å². The lowest BCUT2D eigenvalue weighted by molar-refractivity contribution is -0.142. The number of fused-ring (bicyclic) bond motifs is 1. The van der Waals surface area contributed by atoms with Crippen molar-refractivity contribution in [3.63, 3.8) is 0 Å². The van der Waals surface area contributed by atoms with Gasteiger partial charge in [0.1, 0.15) is 54.6 Å². The largest absolute Gasteiger partial charge is 0.481 e. The van der Waals surface area contributed by atoms with E-state index >= 15 is 0 Å². The monoisotopic (exact) mass is 1340 g/mol. The summed E-state index contributed by atoms with van der Waals surface area (Å²) in [6, 6.07) is -8.19. The van der Waals surface area contributed by atoms with Crippen LogP contribution in [0.25, 0.3) is 10.9 Å². The normalized spacial score (nSPS) is 15.8. The molecular formula is C54H90N21O17P. The summed E-state index contributed by atoms with van der Waals surface area (Å²) in [6.45, 7) is -0.687. The van der Waals surface area contributed by atoms with E-state index in [9.17, 15) is 77.3 Å². The van der Waals surface area contributed by atoms with Gasteiger partial charge >= 0.3 is 13.8 Å². The fourth-order valence-corrected chi connectivity index (χ4v) is 9.88. The standard InChI is InChI=1S/C54H90N21O17P/c1-29(51(88)75-23-9-16-41(75)50(87)71-37(17-18-42(78)79)46(83)73-39(27-77)48(85)68-31(26-76)10-6-20-63-52(57)58)67-49(86)40(28-92-93(89,90)91)74-47(84)38(24-30-25-66-34-13-3-2-11-32(30)34)72-45(82)36(15-8-22-65-54(61)62)70-44(81)35(14-7-21-64-53(59)60)69-43(80)33(56)12-4-5-19-55/h2-3,11,13,25-26,29,31,33,35-41,66,77H,4-10,12,14-24,27-28,55-56H2,1H3,(H,67,86)(H,68,85)(H,69,80)(H,70,81)(H,71,87)(H,72,82)(H,73,83)(H,74,84)(H,78,79)(H4,57,58,63)(H4,59,60,64)(H4,61,62,65)(H2,89,90,91)/t29-,31-,33-,35-,36-,37-,38-,39-,40-,41-/m0/s1. The fraction of sp³-hybridized carbons (Fsp3) is 0.593. The van der Waals surface area contributed by atoms with Crippen molar-refractivity contribution in [3.05, 3.63) is 36.0 Å². The summed E-state index contributed by atoms with van der Waals surface area (Å²) >= 11 is 0. The predicted octanol–water partition coefficient (Wildman–Crippen LogP) is -7.62. The lowest BCUT2D eigenvalue weighted by Crippen LogP contribution is -2.61. The number of para-hydroxylation sites is 1.